The average molecular weight is 278 g/mol. The Morgan fingerprint density at radius 3 is 2.58 bits per heavy atom. The molecular formula is C14H18N2O2S. The van der Waals surface area contributed by atoms with E-state index in [1.54, 1.807) is 16.7 Å². The van der Waals surface area contributed by atoms with E-state index < -0.39 is 0 Å². The van der Waals surface area contributed by atoms with Crippen LogP contribution in [0.1, 0.15) is 25.3 Å². The Kier molecular flexibility index (Phi) is 4.47. The molecule has 0 aliphatic carbocycles. The van der Waals surface area contributed by atoms with Crippen LogP contribution >= 0.6 is 11.8 Å². The van der Waals surface area contributed by atoms with Gasteiger partial charge >= 0.3 is 0 Å². The first kappa shape index (κ1) is 13.9. The van der Waals surface area contributed by atoms with Crippen LogP contribution in [0.25, 0.3) is 0 Å². The molecule has 0 unspecified atom stereocenters. The number of thioether (sulfide) groups is 1. The second kappa shape index (κ2) is 6.10. The standard InChI is InChI=1S/C14H18N2O2S/c1-10(2)11-3-5-12(6-4-11)15-13(17)7-16-9-19-8-14(16)18/h3-6,10H,7-9H2,1-2H3,(H,15,17). The molecule has 0 saturated carbocycles. The fourth-order valence-corrected chi connectivity index (χ4v) is 2.77. The molecule has 1 aliphatic heterocycles. The predicted molar refractivity (Wildman–Crippen MR) is 78.2 cm³/mol. The number of rotatable bonds is 4. The lowest BCUT2D eigenvalue weighted by molar-refractivity contribution is -0.130. The zero-order valence-electron chi connectivity index (χ0n) is 11.2. The van der Waals surface area contributed by atoms with Gasteiger partial charge in [0.1, 0.15) is 6.54 Å². The maximum Gasteiger partial charge on any atom is 0.244 e. The summed E-state index contributed by atoms with van der Waals surface area (Å²) in [6.45, 7) is 4.40. The topological polar surface area (TPSA) is 49.4 Å². The van der Waals surface area contributed by atoms with Crippen LogP contribution in [-0.4, -0.2) is 34.9 Å². The molecular weight excluding hydrogens is 260 g/mol. The smallest absolute Gasteiger partial charge is 0.244 e. The third kappa shape index (κ3) is 3.73. The predicted octanol–water partition coefficient (Wildman–Crippen LogP) is 2.28. The Balaban J connectivity index is 1.89. The summed E-state index contributed by atoms with van der Waals surface area (Å²) in [5.74, 6) is 1.46. The van der Waals surface area contributed by atoms with Crippen LogP contribution in [-0.2, 0) is 9.59 Å². The highest BCUT2D eigenvalue weighted by Gasteiger charge is 2.22. The van der Waals surface area contributed by atoms with E-state index in [9.17, 15) is 9.59 Å². The van der Waals surface area contributed by atoms with E-state index >= 15 is 0 Å². The van der Waals surface area contributed by atoms with Crippen molar-refractivity contribution in [1.29, 1.82) is 0 Å². The van der Waals surface area contributed by atoms with Crippen LogP contribution in [0.15, 0.2) is 24.3 Å². The van der Waals surface area contributed by atoms with Crippen LogP contribution in [0.5, 0.6) is 0 Å². The van der Waals surface area contributed by atoms with Gasteiger partial charge in [-0.2, -0.15) is 0 Å². The molecule has 102 valence electrons. The van der Waals surface area contributed by atoms with Gasteiger partial charge in [-0.3, -0.25) is 9.59 Å². The SMILES string of the molecule is CC(C)c1ccc(NC(=O)CN2CSCC2=O)cc1. The maximum atomic E-state index is 11.8. The third-order valence-electron chi connectivity index (χ3n) is 3.02. The molecule has 0 radical (unpaired) electrons. The quantitative estimate of drug-likeness (QED) is 0.919. The van der Waals surface area contributed by atoms with Gasteiger partial charge in [-0.25, -0.2) is 0 Å². The largest absolute Gasteiger partial charge is 0.325 e. The summed E-state index contributed by atoms with van der Waals surface area (Å²) >= 11 is 1.54. The Bertz CT molecular complexity index is 471. The first-order chi connectivity index (χ1) is 9.06. The number of hydrogen-bond donors (Lipinski definition) is 1. The molecule has 0 atom stereocenters. The van der Waals surface area contributed by atoms with E-state index in [0.717, 1.165) is 5.69 Å². The van der Waals surface area contributed by atoms with E-state index in [2.05, 4.69) is 19.2 Å². The fraction of sp³-hybridized carbons (Fsp3) is 0.429. The highest BCUT2D eigenvalue weighted by Crippen LogP contribution is 2.18. The zero-order valence-corrected chi connectivity index (χ0v) is 12.0. The maximum absolute atomic E-state index is 11.8. The minimum Gasteiger partial charge on any atom is -0.325 e. The molecule has 1 saturated heterocycles. The summed E-state index contributed by atoms with van der Waals surface area (Å²) in [6, 6.07) is 7.82. The van der Waals surface area contributed by atoms with Crippen molar-refractivity contribution in [3.05, 3.63) is 29.8 Å². The van der Waals surface area contributed by atoms with Gasteiger partial charge in [0.05, 0.1) is 11.6 Å². The Morgan fingerprint density at radius 2 is 2.05 bits per heavy atom. The van der Waals surface area contributed by atoms with Crippen molar-refractivity contribution < 1.29 is 9.59 Å². The number of benzene rings is 1. The van der Waals surface area contributed by atoms with E-state index in [4.69, 9.17) is 0 Å². The summed E-state index contributed by atoms with van der Waals surface area (Å²) < 4.78 is 0. The zero-order chi connectivity index (χ0) is 13.8. The minimum absolute atomic E-state index is 0.0373. The number of carbonyl (C=O) groups is 2. The normalized spacial score (nSPS) is 15.1. The molecule has 1 fully saturated rings. The summed E-state index contributed by atoms with van der Waals surface area (Å²) in [6.07, 6.45) is 0. The van der Waals surface area contributed by atoms with Crippen molar-refractivity contribution in [2.75, 3.05) is 23.5 Å². The average Bonchev–Trinajstić information content (AvgIpc) is 2.75. The van der Waals surface area contributed by atoms with E-state index in [0.29, 0.717) is 17.5 Å². The van der Waals surface area contributed by atoms with Gasteiger partial charge in [0.25, 0.3) is 0 Å². The first-order valence-electron chi connectivity index (χ1n) is 6.31. The molecule has 2 rings (SSSR count). The van der Waals surface area contributed by atoms with Gasteiger partial charge in [-0.05, 0) is 23.6 Å². The van der Waals surface area contributed by atoms with Crippen LogP contribution in [0.2, 0.25) is 0 Å². The minimum atomic E-state index is -0.145. The van der Waals surface area contributed by atoms with Gasteiger partial charge in [-0.15, -0.1) is 11.8 Å². The molecule has 1 aliphatic rings. The van der Waals surface area contributed by atoms with E-state index in [1.165, 1.54) is 5.56 Å². The Labute approximate surface area is 117 Å². The fourth-order valence-electron chi connectivity index (χ4n) is 1.87. The van der Waals surface area contributed by atoms with Crippen molar-refractivity contribution in [2.24, 2.45) is 0 Å². The van der Waals surface area contributed by atoms with Crippen LogP contribution < -0.4 is 5.32 Å². The number of hydrogen-bond acceptors (Lipinski definition) is 3. The van der Waals surface area contributed by atoms with Crippen molar-refractivity contribution in [1.82, 2.24) is 4.90 Å². The van der Waals surface area contributed by atoms with Crippen LogP contribution in [0.4, 0.5) is 5.69 Å². The van der Waals surface area contributed by atoms with Gasteiger partial charge in [0.15, 0.2) is 0 Å². The van der Waals surface area contributed by atoms with E-state index in [1.807, 2.05) is 24.3 Å². The summed E-state index contributed by atoms with van der Waals surface area (Å²) in [4.78, 5) is 24.8. The molecule has 1 aromatic carbocycles. The molecule has 0 bridgehead atoms. The number of anilines is 1. The molecule has 0 spiro atoms. The van der Waals surface area contributed by atoms with Crippen molar-refractivity contribution >= 4 is 29.3 Å². The molecule has 19 heavy (non-hydrogen) atoms. The molecule has 5 heteroatoms. The third-order valence-corrected chi connectivity index (χ3v) is 3.97. The second-order valence-electron chi connectivity index (χ2n) is 4.89. The lowest BCUT2D eigenvalue weighted by Crippen LogP contribution is -2.34. The number of amides is 2. The first-order valence-corrected chi connectivity index (χ1v) is 7.47. The second-order valence-corrected chi connectivity index (χ2v) is 5.85. The van der Waals surface area contributed by atoms with Gasteiger partial charge in [0.2, 0.25) is 11.8 Å². The summed E-state index contributed by atoms with van der Waals surface area (Å²) in [5.41, 5.74) is 2.01. The van der Waals surface area contributed by atoms with Gasteiger partial charge in [0, 0.05) is 5.69 Å². The van der Waals surface area contributed by atoms with Crippen molar-refractivity contribution in [3.8, 4) is 0 Å². The molecule has 4 nitrogen and oxygen atoms in total. The van der Waals surface area contributed by atoms with Crippen LogP contribution in [0.3, 0.4) is 0 Å². The van der Waals surface area contributed by atoms with Crippen LogP contribution in [0, 0.1) is 0 Å². The number of carbonyl (C=O) groups excluding carboxylic acids is 2. The monoisotopic (exact) mass is 278 g/mol. The lowest BCUT2D eigenvalue weighted by atomic mass is 10.0. The molecule has 2 amide bonds. The van der Waals surface area contributed by atoms with Crippen molar-refractivity contribution in [3.63, 3.8) is 0 Å². The summed E-state index contributed by atoms with van der Waals surface area (Å²) in [7, 11) is 0. The molecule has 1 N–H and O–H groups in total. The Hall–Kier alpha value is -1.49. The number of nitrogens with zero attached hydrogens (tertiary/aromatic N) is 1. The van der Waals surface area contributed by atoms with E-state index in [-0.39, 0.29) is 18.4 Å². The molecule has 1 heterocycles. The number of nitrogens with one attached hydrogen (secondary N) is 1. The van der Waals surface area contributed by atoms with Crippen molar-refractivity contribution in [2.45, 2.75) is 19.8 Å². The Morgan fingerprint density at radius 1 is 1.37 bits per heavy atom. The lowest BCUT2D eigenvalue weighted by Gasteiger charge is -2.14. The summed E-state index contributed by atoms with van der Waals surface area (Å²) in [5, 5.41) is 2.81. The molecule has 0 aromatic heterocycles. The molecule has 1 aromatic rings. The highest BCUT2D eigenvalue weighted by molar-refractivity contribution is 8.00. The highest BCUT2D eigenvalue weighted by atomic mass is 32.2. The van der Waals surface area contributed by atoms with Gasteiger partial charge < -0.3 is 10.2 Å². The van der Waals surface area contributed by atoms with Gasteiger partial charge in [-0.1, -0.05) is 26.0 Å².